The predicted octanol–water partition coefficient (Wildman–Crippen LogP) is 0.675. The van der Waals surface area contributed by atoms with Crippen molar-refractivity contribution in [1.82, 2.24) is 4.90 Å². The van der Waals surface area contributed by atoms with E-state index < -0.39 is 0 Å². The molecule has 0 aromatic rings. The molecule has 1 heterocycles. The van der Waals surface area contributed by atoms with E-state index in [-0.39, 0.29) is 0 Å². The lowest BCUT2D eigenvalue weighted by atomic mass is 9.79. The van der Waals surface area contributed by atoms with Crippen molar-refractivity contribution < 1.29 is 0 Å². The van der Waals surface area contributed by atoms with Gasteiger partial charge < -0.3 is 10.6 Å². The van der Waals surface area contributed by atoms with E-state index in [0.29, 0.717) is 6.04 Å². The van der Waals surface area contributed by atoms with Gasteiger partial charge in [-0.05, 0) is 38.1 Å². The van der Waals surface area contributed by atoms with Crippen molar-refractivity contribution >= 4 is 0 Å². The third kappa shape index (κ3) is 1.42. The third-order valence-corrected chi connectivity index (χ3v) is 3.27. The SMILES string of the molecule is CN1C[C@H]2CCC(N)C[C@H]2C1. The number of hydrogen-bond acceptors (Lipinski definition) is 2. The molecule has 1 saturated carbocycles. The maximum Gasteiger partial charge on any atom is 0.00421 e. The summed E-state index contributed by atoms with van der Waals surface area (Å²) in [4.78, 5) is 2.45. The van der Waals surface area contributed by atoms with Gasteiger partial charge in [0.05, 0.1) is 0 Å². The summed E-state index contributed by atoms with van der Waals surface area (Å²) in [5.74, 6) is 1.89. The summed E-state index contributed by atoms with van der Waals surface area (Å²) in [6.07, 6.45) is 3.90. The van der Waals surface area contributed by atoms with E-state index >= 15 is 0 Å². The Balaban J connectivity index is 1.97. The van der Waals surface area contributed by atoms with Crippen LogP contribution in [-0.4, -0.2) is 31.1 Å². The average Bonchev–Trinajstić information content (AvgIpc) is 2.27. The summed E-state index contributed by atoms with van der Waals surface area (Å²) in [5, 5.41) is 0. The fraction of sp³-hybridized carbons (Fsp3) is 1.00. The molecule has 2 N–H and O–H groups in total. The fourth-order valence-corrected chi connectivity index (χ4v) is 2.70. The first-order valence-corrected chi connectivity index (χ1v) is 4.70. The van der Waals surface area contributed by atoms with Crippen LogP contribution in [0.15, 0.2) is 0 Å². The van der Waals surface area contributed by atoms with Gasteiger partial charge in [-0.2, -0.15) is 0 Å². The van der Waals surface area contributed by atoms with Gasteiger partial charge in [-0.1, -0.05) is 0 Å². The largest absolute Gasteiger partial charge is 0.328 e. The molecule has 2 rings (SSSR count). The van der Waals surface area contributed by atoms with Gasteiger partial charge in [0.25, 0.3) is 0 Å². The Morgan fingerprint density at radius 1 is 1.18 bits per heavy atom. The van der Waals surface area contributed by atoms with Crippen molar-refractivity contribution in [2.45, 2.75) is 25.3 Å². The standard InChI is InChI=1S/C9H18N2/c1-11-5-7-2-3-9(10)4-8(7)6-11/h7-9H,2-6,10H2,1H3/t7-,8+,9?/m1/s1. The molecule has 0 amide bonds. The summed E-state index contributed by atoms with van der Waals surface area (Å²) >= 11 is 0. The van der Waals surface area contributed by atoms with Crippen molar-refractivity contribution in [2.75, 3.05) is 20.1 Å². The second kappa shape index (κ2) is 2.76. The second-order valence-corrected chi connectivity index (χ2v) is 4.31. The topological polar surface area (TPSA) is 29.3 Å². The van der Waals surface area contributed by atoms with Gasteiger partial charge in [-0.15, -0.1) is 0 Å². The van der Waals surface area contributed by atoms with Gasteiger partial charge >= 0.3 is 0 Å². The van der Waals surface area contributed by atoms with Crippen LogP contribution in [0.1, 0.15) is 19.3 Å². The van der Waals surface area contributed by atoms with Gasteiger partial charge in [0.2, 0.25) is 0 Å². The highest BCUT2D eigenvalue weighted by molar-refractivity contribution is 4.89. The number of rotatable bonds is 0. The van der Waals surface area contributed by atoms with Gasteiger partial charge in [0, 0.05) is 19.1 Å². The lowest BCUT2D eigenvalue weighted by Gasteiger charge is -2.28. The van der Waals surface area contributed by atoms with Crippen LogP contribution in [0.25, 0.3) is 0 Å². The number of hydrogen-bond donors (Lipinski definition) is 1. The first kappa shape index (κ1) is 7.56. The van der Waals surface area contributed by atoms with E-state index in [1.165, 1.54) is 32.4 Å². The Labute approximate surface area is 68.7 Å². The van der Waals surface area contributed by atoms with Crippen molar-refractivity contribution in [3.63, 3.8) is 0 Å². The molecule has 0 aromatic carbocycles. The van der Waals surface area contributed by atoms with Crippen molar-refractivity contribution in [3.8, 4) is 0 Å². The van der Waals surface area contributed by atoms with Crippen LogP contribution in [0.5, 0.6) is 0 Å². The number of nitrogens with zero attached hydrogens (tertiary/aromatic N) is 1. The van der Waals surface area contributed by atoms with Crippen LogP contribution in [0, 0.1) is 11.8 Å². The highest BCUT2D eigenvalue weighted by atomic mass is 15.1. The Kier molecular flexibility index (Phi) is 1.90. The Bertz CT molecular complexity index is 146. The minimum absolute atomic E-state index is 0.503. The Hall–Kier alpha value is -0.0800. The highest BCUT2D eigenvalue weighted by Gasteiger charge is 2.34. The van der Waals surface area contributed by atoms with E-state index in [0.717, 1.165) is 11.8 Å². The minimum atomic E-state index is 0.503. The molecule has 1 aliphatic heterocycles. The molecule has 1 aliphatic carbocycles. The second-order valence-electron chi connectivity index (χ2n) is 4.31. The Morgan fingerprint density at radius 2 is 1.91 bits per heavy atom. The van der Waals surface area contributed by atoms with Crippen molar-refractivity contribution in [1.29, 1.82) is 0 Å². The van der Waals surface area contributed by atoms with E-state index in [4.69, 9.17) is 5.73 Å². The van der Waals surface area contributed by atoms with Crippen molar-refractivity contribution in [3.05, 3.63) is 0 Å². The zero-order chi connectivity index (χ0) is 7.84. The normalized spacial score (nSPS) is 45.8. The molecule has 1 unspecified atom stereocenters. The van der Waals surface area contributed by atoms with Crippen LogP contribution in [0.3, 0.4) is 0 Å². The molecule has 64 valence electrons. The molecule has 0 radical (unpaired) electrons. The van der Waals surface area contributed by atoms with E-state index in [1.54, 1.807) is 0 Å². The molecule has 0 spiro atoms. The molecular formula is C9H18N2. The highest BCUT2D eigenvalue weighted by Crippen LogP contribution is 2.34. The molecule has 2 nitrogen and oxygen atoms in total. The smallest absolute Gasteiger partial charge is 0.00421 e. The van der Waals surface area contributed by atoms with Crippen LogP contribution < -0.4 is 5.73 Å². The van der Waals surface area contributed by atoms with E-state index in [1.807, 2.05) is 0 Å². The van der Waals surface area contributed by atoms with E-state index in [2.05, 4.69) is 11.9 Å². The third-order valence-electron chi connectivity index (χ3n) is 3.27. The molecule has 2 aliphatic rings. The average molecular weight is 154 g/mol. The molecule has 11 heavy (non-hydrogen) atoms. The number of likely N-dealkylation sites (tertiary alicyclic amines) is 1. The zero-order valence-electron chi connectivity index (χ0n) is 7.29. The lowest BCUT2D eigenvalue weighted by Crippen LogP contribution is -2.32. The molecule has 3 atom stereocenters. The molecule has 1 saturated heterocycles. The van der Waals surface area contributed by atoms with Crippen LogP contribution in [0.4, 0.5) is 0 Å². The summed E-state index contributed by atoms with van der Waals surface area (Å²) < 4.78 is 0. The number of nitrogens with two attached hydrogens (primary N) is 1. The molecule has 2 heteroatoms. The Morgan fingerprint density at radius 3 is 2.73 bits per heavy atom. The van der Waals surface area contributed by atoms with Crippen LogP contribution in [0.2, 0.25) is 0 Å². The van der Waals surface area contributed by atoms with Crippen LogP contribution >= 0.6 is 0 Å². The maximum atomic E-state index is 5.92. The van der Waals surface area contributed by atoms with Crippen LogP contribution in [-0.2, 0) is 0 Å². The predicted molar refractivity (Wildman–Crippen MR) is 46.3 cm³/mol. The first-order valence-electron chi connectivity index (χ1n) is 4.70. The number of fused-ring (bicyclic) bond motifs is 1. The summed E-state index contributed by atoms with van der Waals surface area (Å²) in [6, 6.07) is 0.503. The lowest BCUT2D eigenvalue weighted by molar-refractivity contribution is 0.271. The molecule has 0 bridgehead atoms. The van der Waals surface area contributed by atoms with Crippen molar-refractivity contribution in [2.24, 2.45) is 17.6 Å². The van der Waals surface area contributed by atoms with Gasteiger partial charge in [0.15, 0.2) is 0 Å². The quantitative estimate of drug-likeness (QED) is 0.556. The van der Waals surface area contributed by atoms with Gasteiger partial charge in [-0.3, -0.25) is 0 Å². The van der Waals surface area contributed by atoms with E-state index in [9.17, 15) is 0 Å². The zero-order valence-corrected chi connectivity index (χ0v) is 7.29. The molecule has 0 aromatic heterocycles. The van der Waals surface area contributed by atoms with Gasteiger partial charge in [0.1, 0.15) is 0 Å². The molecule has 2 fully saturated rings. The first-order chi connectivity index (χ1) is 5.25. The summed E-state index contributed by atoms with van der Waals surface area (Å²) in [6.45, 7) is 2.61. The monoisotopic (exact) mass is 154 g/mol. The minimum Gasteiger partial charge on any atom is -0.328 e. The molecular weight excluding hydrogens is 136 g/mol. The fourth-order valence-electron chi connectivity index (χ4n) is 2.70. The summed E-state index contributed by atoms with van der Waals surface area (Å²) in [5.41, 5.74) is 5.92. The summed E-state index contributed by atoms with van der Waals surface area (Å²) in [7, 11) is 2.23. The van der Waals surface area contributed by atoms with Gasteiger partial charge in [-0.25, -0.2) is 0 Å². The maximum absolute atomic E-state index is 5.92.